The fourth-order valence-electron chi connectivity index (χ4n) is 3.13. The smallest absolute Gasteiger partial charge is 0.220 e. The van der Waals surface area contributed by atoms with Crippen LogP contribution in [0.2, 0.25) is 0 Å². The molecule has 9 heteroatoms. The second-order valence-corrected chi connectivity index (χ2v) is 7.38. The number of nitrogens with zero attached hydrogens (tertiary/aromatic N) is 7. The highest BCUT2D eigenvalue weighted by molar-refractivity contribution is 7.71. The fourth-order valence-corrected chi connectivity index (χ4v) is 3.36. The van der Waals surface area contributed by atoms with Crippen molar-refractivity contribution in [1.29, 1.82) is 0 Å². The monoisotopic (exact) mass is 411 g/mol. The van der Waals surface area contributed by atoms with E-state index in [1.807, 2.05) is 12.1 Å². The Balaban J connectivity index is 1.67. The van der Waals surface area contributed by atoms with Crippen LogP contribution >= 0.6 is 12.2 Å². The highest BCUT2D eigenvalue weighted by atomic mass is 32.1. The third kappa shape index (κ3) is 4.64. The van der Waals surface area contributed by atoms with Crippen molar-refractivity contribution >= 4 is 18.4 Å². The Labute approximate surface area is 173 Å². The molecule has 1 aliphatic heterocycles. The minimum Gasteiger partial charge on any atom is -0.304 e. The normalized spacial score (nSPS) is 15.9. The predicted molar refractivity (Wildman–Crippen MR) is 113 cm³/mol. The van der Waals surface area contributed by atoms with Crippen LogP contribution in [0.3, 0.4) is 0 Å². The van der Waals surface area contributed by atoms with Crippen LogP contribution in [-0.2, 0) is 6.67 Å². The molecule has 150 valence electrons. The maximum absolute atomic E-state index is 13.2. The van der Waals surface area contributed by atoms with Crippen molar-refractivity contribution in [3.05, 3.63) is 64.9 Å². The Morgan fingerprint density at radius 1 is 1.07 bits per heavy atom. The van der Waals surface area contributed by atoms with Crippen LogP contribution in [0.25, 0.3) is 11.4 Å². The Hall–Kier alpha value is -2.75. The molecular formula is C20H22FN7S. The molecule has 0 saturated carbocycles. The average Bonchev–Trinajstić information content (AvgIpc) is 3.05. The van der Waals surface area contributed by atoms with E-state index >= 15 is 0 Å². The summed E-state index contributed by atoms with van der Waals surface area (Å²) in [6.45, 7) is 4.59. The highest BCUT2D eigenvalue weighted by Gasteiger charge is 2.18. The van der Waals surface area contributed by atoms with Crippen molar-refractivity contribution in [1.82, 2.24) is 29.2 Å². The zero-order chi connectivity index (χ0) is 20.2. The molecule has 0 aliphatic carbocycles. The van der Waals surface area contributed by atoms with Gasteiger partial charge in [-0.25, -0.2) is 9.07 Å². The lowest BCUT2D eigenvalue weighted by Crippen LogP contribution is -2.45. The van der Waals surface area contributed by atoms with Gasteiger partial charge in [0.2, 0.25) is 4.77 Å². The van der Waals surface area contributed by atoms with E-state index in [1.54, 1.807) is 40.1 Å². The quantitative estimate of drug-likeness (QED) is 0.477. The van der Waals surface area contributed by atoms with E-state index in [1.165, 1.54) is 12.1 Å². The summed E-state index contributed by atoms with van der Waals surface area (Å²) in [5.41, 5.74) is 1.65. The average molecular weight is 412 g/mol. The van der Waals surface area contributed by atoms with Crippen molar-refractivity contribution in [2.24, 2.45) is 5.10 Å². The summed E-state index contributed by atoms with van der Waals surface area (Å²) >= 11 is 5.68. The molecule has 1 saturated heterocycles. The van der Waals surface area contributed by atoms with Crippen LogP contribution in [0.4, 0.5) is 4.39 Å². The van der Waals surface area contributed by atoms with E-state index < -0.39 is 0 Å². The molecule has 1 aromatic carbocycles. The number of benzene rings is 1. The summed E-state index contributed by atoms with van der Waals surface area (Å²) in [6, 6.07) is 9.90. The number of halogens is 1. The molecule has 3 heterocycles. The van der Waals surface area contributed by atoms with Gasteiger partial charge in [0.25, 0.3) is 0 Å². The molecule has 0 atom stereocenters. The van der Waals surface area contributed by atoms with Crippen molar-refractivity contribution in [3.63, 3.8) is 0 Å². The van der Waals surface area contributed by atoms with Crippen LogP contribution in [0.15, 0.2) is 53.9 Å². The molecule has 0 unspecified atom stereocenters. The fraction of sp³-hybridized carbons (Fsp3) is 0.300. The van der Waals surface area contributed by atoms with Crippen LogP contribution in [0.1, 0.15) is 5.56 Å². The van der Waals surface area contributed by atoms with Gasteiger partial charge < -0.3 is 4.90 Å². The van der Waals surface area contributed by atoms with Gasteiger partial charge in [-0.1, -0.05) is 12.1 Å². The molecule has 3 aromatic rings. The number of piperazine rings is 1. The third-order valence-electron chi connectivity index (χ3n) is 4.88. The maximum atomic E-state index is 13.2. The molecule has 0 spiro atoms. The lowest BCUT2D eigenvalue weighted by molar-refractivity contribution is 0.119. The van der Waals surface area contributed by atoms with Gasteiger partial charge in [0.1, 0.15) is 5.82 Å². The van der Waals surface area contributed by atoms with Crippen LogP contribution in [-0.4, -0.2) is 68.7 Å². The number of rotatable bonds is 5. The van der Waals surface area contributed by atoms with E-state index in [2.05, 4.69) is 26.9 Å². The van der Waals surface area contributed by atoms with Crippen LogP contribution < -0.4 is 0 Å². The lowest BCUT2D eigenvalue weighted by Gasteiger charge is -2.31. The van der Waals surface area contributed by atoms with Crippen molar-refractivity contribution < 1.29 is 4.39 Å². The Morgan fingerprint density at radius 2 is 1.76 bits per heavy atom. The van der Waals surface area contributed by atoms with Gasteiger partial charge in [-0.15, -0.1) is 5.10 Å². The van der Waals surface area contributed by atoms with E-state index in [4.69, 9.17) is 17.3 Å². The first-order valence-corrected chi connectivity index (χ1v) is 9.82. The van der Waals surface area contributed by atoms with Gasteiger partial charge >= 0.3 is 0 Å². The molecule has 0 bridgehead atoms. The molecule has 29 heavy (non-hydrogen) atoms. The standard InChI is InChI=1S/C20H22FN7S/c1-25-10-12-26(13-11-25)15-27-20(29)28(19(24-27)17-6-8-22-9-7-17)23-14-16-2-4-18(21)5-3-16/h2-9,14H,10-13,15H2,1H3/b23-14+. The van der Waals surface area contributed by atoms with Gasteiger partial charge in [-0.2, -0.15) is 9.78 Å². The van der Waals surface area contributed by atoms with Crippen molar-refractivity contribution in [2.45, 2.75) is 6.67 Å². The summed E-state index contributed by atoms with van der Waals surface area (Å²) in [7, 11) is 2.13. The summed E-state index contributed by atoms with van der Waals surface area (Å²) in [5.74, 6) is 0.362. The second kappa shape index (κ2) is 8.73. The summed E-state index contributed by atoms with van der Waals surface area (Å²) in [4.78, 5) is 8.71. The number of hydrogen-bond donors (Lipinski definition) is 0. The van der Waals surface area contributed by atoms with E-state index in [-0.39, 0.29) is 5.82 Å². The van der Waals surface area contributed by atoms with Gasteiger partial charge in [0.05, 0.1) is 12.9 Å². The summed E-state index contributed by atoms with van der Waals surface area (Å²) in [6.07, 6.45) is 5.08. The minimum atomic E-state index is -0.281. The van der Waals surface area contributed by atoms with Crippen molar-refractivity contribution in [3.8, 4) is 11.4 Å². The number of hydrogen-bond acceptors (Lipinski definition) is 6. The summed E-state index contributed by atoms with van der Waals surface area (Å²) < 4.78 is 17.1. The van der Waals surface area contributed by atoms with Crippen molar-refractivity contribution in [2.75, 3.05) is 33.2 Å². The summed E-state index contributed by atoms with van der Waals surface area (Å²) in [5, 5.41) is 9.28. The molecule has 7 nitrogen and oxygen atoms in total. The molecule has 4 rings (SSSR count). The minimum absolute atomic E-state index is 0.281. The Kier molecular flexibility index (Phi) is 5.89. The molecular weight excluding hydrogens is 389 g/mol. The van der Waals surface area contributed by atoms with Gasteiger partial charge in [-0.3, -0.25) is 9.88 Å². The van der Waals surface area contributed by atoms with Gasteiger partial charge in [-0.05, 0) is 49.1 Å². The second-order valence-electron chi connectivity index (χ2n) is 7.01. The van der Waals surface area contributed by atoms with E-state index in [9.17, 15) is 4.39 Å². The lowest BCUT2D eigenvalue weighted by atomic mass is 10.2. The molecule has 1 fully saturated rings. The first-order valence-electron chi connectivity index (χ1n) is 9.41. The largest absolute Gasteiger partial charge is 0.304 e. The van der Waals surface area contributed by atoms with Crippen LogP contribution in [0, 0.1) is 10.6 Å². The van der Waals surface area contributed by atoms with E-state index in [0.717, 1.165) is 37.3 Å². The number of aromatic nitrogens is 4. The third-order valence-corrected chi connectivity index (χ3v) is 5.26. The van der Waals surface area contributed by atoms with Gasteiger partial charge in [0.15, 0.2) is 5.82 Å². The zero-order valence-electron chi connectivity index (χ0n) is 16.1. The first kappa shape index (κ1) is 19.6. The van der Waals surface area contributed by atoms with Gasteiger partial charge in [0, 0.05) is 44.1 Å². The Morgan fingerprint density at radius 3 is 2.45 bits per heavy atom. The SMILES string of the molecule is CN1CCN(Cn2nc(-c3ccncc3)n(/N=C/c3ccc(F)cc3)c2=S)CC1. The first-order chi connectivity index (χ1) is 14.1. The number of likely N-dealkylation sites (N-methyl/N-ethyl adjacent to an activating group) is 1. The molecule has 2 aromatic heterocycles. The maximum Gasteiger partial charge on any atom is 0.220 e. The highest BCUT2D eigenvalue weighted by Crippen LogP contribution is 2.18. The zero-order valence-corrected chi connectivity index (χ0v) is 17.0. The molecule has 1 aliphatic rings. The molecule has 0 radical (unpaired) electrons. The molecule has 0 N–H and O–H groups in total. The topological polar surface area (TPSA) is 54.5 Å². The van der Waals surface area contributed by atoms with E-state index in [0.29, 0.717) is 17.3 Å². The number of pyridine rings is 1. The predicted octanol–water partition coefficient (Wildman–Crippen LogP) is 2.70. The van der Waals surface area contributed by atoms with Crippen LogP contribution in [0.5, 0.6) is 0 Å². The Bertz CT molecular complexity index is 1030. The molecule has 0 amide bonds.